The summed E-state index contributed by atoms with van der Waals surface area (Å²) in [5.74, 6) is 5.04. The normalized spacial score (nSPS) is 20.5. The van der Waals surface area contributed by atoms with Crippen molar-refractivity contribution in [3.05, 3.63) is 0 Å². The number of carbonyl (C=O) groups is 1. The molecule has 1 unspecified atom stereocenters. The third-order valence-corrected chi connectivity index (χ3v) is 3.60. The second-order valence-electron chi connectivity index (χ2n) is 4.99. The predicted molar refractivity (Wildman–Crippen MR) is 65.6 cm³/mol. The number of nitrogens with zero attached hydrogens (tertiary/aromatic N) is 1. The lowest BCUT2D eigenvalue weighted by Crippen LogP contribution is -2.42. The van der Waals surface area contributed by atoms with Crippen molar-refractivity contribution in [1.82, 2.24) is 10.3 Å². The van der Waals surface area contributed by atoms with Gasteiger partial charge in [-0.2, -0.15) is 0 Å². The molecule has 1 rings (SSSR count). The van der Waals surface area contributed by atoms with E-state index in [-0.39, 0.29) is 11.8 Å². The smallest absolute Gasteiger partial charge is 0.237 e. The van der Waals surface area contributed by atoms with E-state index in [0.29, 0.717) is 6.04 Å². The van der Waals surface area contributed by atoms with Crippen molar-refractivity contribution in [2.75, 3.05) is 13.6 Å². The third kappa shape index (κ3) is 4.10. The molecule has 0 aromatic rings. The molecule has 0 saturated heterocycles. The van der Waals surface area contributed by atoms with Crippen molar-refractivity contribution >= 4 is 5.91 Å². The molecular formula is C12H25N3O. The summed E-state index contributed by atoms with van der Waals surface area (Å²) in [4.78, 5) is 13.7. The summed E-state index contributed by atoms with van der Waals surface area (Å²) in [5.41, 5.74) is 2.22. The minimum Gasteiger partial charge on any atom is -0.303 e. The van der Waals surface area contributed by atoms with Crippen molar-refractivity contribution in [1.29, 1.82) is 0 Å². The van der Waals surface area contributed by atoms with Crippen LogP contribution in [0.5, 0.6) is 0 Å². The second-order valence-corrected chi connectivity index (χ2v) is 4.99. The topological polar surface area (TPSA) is 58.4 Å². The first-order valence-electron chi connectivity index (χ1n) is 6.36. The number of rotatable bonds is 4. The fourth-order valence-corrected chi connectivity index (χ4v) is 2.50. The Hall–Kier alpha value is -0.610. The Morgan fingerprint density at radius 1 is 1.38 bits per heavy atom. The average Bonchev–Trinajstić information content (AvgIpc) is 2.56. The first-order valence-corrected chi connectivity index (χ1v) is 6.36. The van der Waals surface area contributed by atoms with Crippen LogP contribution in [0.3, 0.4) is 0 Å². The van der Waals surface area contributed by atoms with Gasteiger partial charge in [0.25, 0.3) is 0 Å². The van der Waals surface area contributed by atoms with Gasteiger partial charge < -0.3 is 4.90 Å². The lowest BCUT2D eigenvalue weighted by molar-refractivity contribution is -0.125. The molecule has 94 valence electrons. The van der Waals surface area contributed by atoms with E-state index in [1.54, 1.807) is 0 Å². The van der Waals surface area contributed by atoms with Crippen LogP contribution >= 0.6 is 0 Å². The molecule has 16 heavy (non-hydrogen) atoms. The molecule has 0 heterocycles. The van der Waals surface area contributed by atoms with Crippen LogP contribution in [0.15, 0.2) is 0 Å². The Balaban J connectivity index is 2.37. The molecule has 3 N–H and O–H groups in total. The van der Waals surface area contributed by atoms with Crippen LogP contribution in [0, 0.1) is 5.92 Å². The van der Waals surface area contributed by atoms with E-state index in [0.717, 1.165) is 6.54 Å². The van der Waals surface area contributed by atoms with E-state index < -0.39 is 0 Å². The van der Waals surface area contributed by atoms with Crippen LogP contribution in [-0.4, -0.2) is 30.4 Å². The number of hydrogen-bond donors (Lipinski definition) is 2. The number of nitrogens with two attached hydrogens (primary N) is 1. The predicted octanol–water partition coefficient (Wildman–Crippen LogP) is 1.27. The van der Waals surface area contributed by atoms with Crippen LogP contribution in [-0.2, 0) is 4.79 Å². The van der Waals surface area contributed by atoms with E-state index in [9.17, 15) is 4.79 Å². The van der Waals surface area contributed by atoms with Gasteiger partial charge in [0.1, 0.15) is 0 Å². The summed E-state index contributed by atoms with van der Waals surface area (Å²) >= 11 is 0. The summed E-state index contributed by atoms with van der Waals surface area (Å²) in [6, 6.07) is 0.649. The molecule has 0 bridgehead atoms. The van der Waals surface area contributed by atoms with Crippen LogP contribution < -0.4 is 11.3 Å². The van der Waals surface area contributed by atoms with Gasteiger partial charge in [-0.05, 0) is 19.9 Å². The summed E-state index contributed by atoms with van der Waals surface area (Å²) < 4.78 is 0. The zero-order chi connectivity index (χ0) is 12.0. The zero-order valence-corrected chi connectivity index (χ0v) is 10.5. The van der Waals surface area contributed by atoms with Crippen LogP contribution in [0.1, 0.15) is 45.4 Å². The highest BCUT2D eigenvalue weighted by molar-refractivity contribution is 5.77. The molecule has 1 aliphatic rings. The SMILES string of the molecule is CC(CN(C)C1CCCCCC1)C(=O)NN. The van der Waals surface area contributed by atoms with E-state index >= 15 is 0 Å². The molecule has 1 amide bonds. The van der Waals surface area contributed by atoms with Gasteiger partial charge in [-0.3, -0.25) is 10.2 Å². The highest BCUT2D eigenvalue weighted by atomic mass is 16.2. The molecule has 1 atom stereocenters. The van der Waals surface area contributed by atoms with E-state index in [2.05, 4.69) is 17.4 Å². The van der Waals surface area contributed by atoms with Crippen molar-refractivity contribution in [3.8, 4) is 0 Å². The van der Waals surface area contributed by atoms with E-state index in [1.165, 1.54) is 38.5 Å². The Morgan fingerprint density at radius 3 is 2.44 bits per heavy atom. The fraction of sp³-hybridized carbons (Fsp3) is 0.917. The van der Waals surface area contributed by atoms with Gasteiger partial charge in [-0.25, -0.2) is 5.84 Å². The molecule has 0 aromatic heterocycles. The Labute approximate surface area is 98.5 Å². The van der Waals surface area contributed by atoms with E-state index in [4.69, 9.17) is 5.84 Å². The Morgan fingerprint density at radius 2 is 1.94 bits per heavy atom. The van der Waals surface area contributed by atoms with Gasteiger partial charge in [0.2, 0.25) is 5.91 Å². The number of carbonyl (C=O) groups excluding carboxylic acids is 1. The summed E-state index contributed by atoms with van der Waals surface area (Å²) in [7, 11) is 2.12. The molecular weight excluding hydrogens is 202 g/mol. The van der Waals surface area contributed by atoms with Crippen molar-refractivity contribution < 1.29 is 4.79 Å². The molecule has 4 nitrogen and oxygen atoms in total. The summed E-state index contributed by atoms with van der Waals surface area (Å²) in [5, 5.41) is 0. The molecule has 1 saturated carbocycles. The minimum atomic E-state index is -0.0690. The molecule has 1 fully saturated rings. The zero-order valence-electron chi connectivity index (χ0n) is 10.5. The van der Waals surface area contributed by atoms with Crippen molar-refractivity contribution in [3.63, 3.8) is 0 Å². The maximum atomic E-state index is 11.3. The monoisotopic (exact) mass is 227 g/mol. The van der Waals surface area contributed by atoms with Gasteiger partial charge in [0.15, 0.2) is 0 Å². The van der Waals surface area contributed by atoms with Crippen molar-refractivity contribution in [2.45, 2.75) is 51.5 Å². The molecule has 0 radical (unpaired) electrons. The highest BCUT2D eigenvalue weighted by Gasteiger charge is 2.20. The lowest BCUT2D eigenvalue weighted by atomic mass is 10.1. The second kappa shape index (κ2) is 6.86. The number of nitrogens with one attached hydrogen (secondary N) is 1. The Bertz CT molecular complexity index is 212. The lowest BCUT2D eigenvalue weighted by Gasteiger charge is -2.28. The molecule has 0 aliphatic heterocycles. The molecule has 4 heteroatoms. The van der Waals surface area contributed by atoms with Gasteiger partial charge in [-0.15, -0.1) is 0 Å². The van der Waals surface area contributed by atoms with Gasteiger partial charge in [0, 0.05) is 18.5 Å². The highest BCUT2D eigenvalue weighted by Crippen LogP contribution is 2.21. The van der Waals surface area contributed by atoms with Crippen LogP contribution in [0.25, 0.3) is 0 Å². The van der Waals surface area contributed by atoms with Crippen molar-refractivity contribution in [2.24, 2.45) is 11.8 Å². The quantitative estimate of drug-likeness (QED) is 0.329. The van der Waals surface area contributed by atoms with Gasteiger partial charge in [0.05, 0.1) is 0 Å². The minimum absolute atomic E-state index is 0.0294. The molecule has 0 spiro atoms. The first kappa shape index (κ1) is 13.5. The Kier molecular flexibility index (Phi) is 5.77. The molecule has 0 aromatic carbocycles. The van der Waals surface area contributed by atoms with Gasteiger partial charge >= 0.3 is 0 Å². The summed E-state index contributed by atoms with van der Waals surface area (Å²) in [6.07, 6.45) is 7.92. The van der Waals surface area contributed by atoms with E-state index in [1.807, 2.05) is 6.92 Å². The maximum absolute atomic E-state index is 11.3. The maximum Gasteiger partial charge on any atom is 0.237 e. The molecule has 1 aliphatic carbocycles. The largest absolute Gasteiger partial charge is 0.303 e. The standard InChI is InChI=1S/C12H25N3O/c1-10(12(16)14-13)9-15(2)11-7-5-3-4-6-8-11/h10-11H,3-9,13H2,1-2H3,(H,14,16). The first-order chi connectivity index (χ1) is 7.65. The van der Waals surface area contributed by atoms with Gasteiger partial charge in [-0.1, -0.05) is 32.6 Å². The van der Waals surface area contributed by atoms with Crippen LogP contribution in [0.4, 0.5) is 0 Å². The van der Waals surface area contributed by atoms with Crippen LogP contribution in [0.2, 0.25) is 0 Å². The third-order valence-electron chi connectivity index (χ3n) is 3.60. The number of hydrazine groups is 1. The number of hydrogen-bond acceptors (Lipinski definition) is 3. The number of amides is 1. The summed E-state index contributed by atoms with van der Waals surface area (Å²) in [6.45, 7) is 2.73. The average molecular weight is 227 g/mol. The fourth-order valence-electron chi connectivity index (χ4n) is 2.50.